The van der Waals surface area contributed by atoms with Crippen molar-refractivity contribution in [1.82, 2.24) is 5.32 Å². The van der Waals surface area contributed by atoms with Gasteiger partial charge in [-0.2, -0.15) is 0 Å². The molecular formula is C9H11F2NO. The van der Waals surface area contributed by atoms with E-state index in [1.54, 1.807) is 7.05 Å². The third-order valence-electron chi connectivity index (χ3n) is 1.67. The van der Waals surface area contributed by atoms with Gasteiger partial charge < -0.3 is 10.1 Å². The molecule has 0 amide bonds. The molecule has 0 spiro atoms. The molecule has 0 fully saturated rings. The van der Waals surface area contributed by atoms with Crippen LogP contribution in [0.3, 0.4) is 0 Å². The number of halogens is 2. The average Bonchev–Trinajstić information content (AvgIpc) is 2.11. The first-order valence-corrected chi connectivity index (χ1v) is 3.85. The quantitative estimate of drug-likeness (QED) is 0.777. The third kappa shape index (κ3) is 2.15. The van der Waals surface area contributed by atoms with Crippen molar-refractivity contribution in [3.8, 4) is 5.75 Å². The SMILES string of the molecule is CNCc1cc(F)cc(OC)c1F. The van der Waals surface area contributed by atoms with E-state index in [1.165, 1.54) is 7.11 Å². The highest BCUT2D eigenvalue weighted by Crippen LogP contribution is 2.21. The minimum absolute atomic E-state index is 0.0646. The van der Waals surface area contributed by atoms with Gasteiger partial charge in [-0.05, 0) is 13.1 Å². The van der Waals surface area contributed by atoms with Gasteiger partial charge in [0.1, 0.15) is 5.82 Å². The van der Waals surface area contributed by atoms with Crippen molar-refractivity contribution in [2.24, 2.45) is 0 Å². The number of ether oxygens (including phenoxy) is 1. The molecule has 13 heavy (non-hydrogen) atoms. The Morgan fingerprint density at radius 1 is 1.38 bits per heavy atom. The Labute approximate surface area is 75.5 Å². The van der Waals surface area contributed by atoms with Gasteiger partial charge in [0.05, 0.1) is 7.11 Å². The Bertz CT molecular complexity index is 302. The molecule has 1 N–H and O–H groups in total. The zero-order chi connectivity index (χ0) is 9.84. The van der Waals surface area contributed by atoms with E-state index < -0.39 is 11.6 Å². The lowest BCUT2D eigenvalue weighted by Crippen LogP contribution is -2.08. The molecule has 4 heteroatoms. The highest BCUT2D eigenvalue weighted by atomic mass is 19.1. The van der Waals surface area contributed by atoms with Crippen molar-refractivity contribution in [3.63, 3.8) is 0 Å². The maximum atomic E-state index is 13.3. The second-order valence-corrected chi connectivity index (χ2v) is 2.61. The van der Waals surface area contributed by atoms with Crippen molar-refractivity contribution in [2.75, 3.05) is 14.2 Å². The van der Waals surface area contributed by atoms with Gasteiger partial charge in [0.2, 0.25) is 0 Å². The van der Waals surface area contributed by atoms with Crippen LogP contribution >= 0.6 is 0 Å². The molecule has 1 rings (SSSR count). The van der Waals surface area contributed by atoms with E-state index in [4.69, 9.17) is 0 Å². The summed E-state index contributed by atoms with van der Waals surface area (Å²) in [7, 11) is 2.97. The summed E-state index contributed by atoms with van der Waals surface area (Å²) in [5, 5.41) is 2.74. The molecule has 0 aromatic heterocycles. The van der Waals surface area contributed by atoms with Crippen LogP contribution in [-0.4, -0.2) is 14.2 Å². The fraction of sp³-hybridized carbons (Fsp3) is 0.333. The Kier molecular flexibility index (Phi) is 3.19. The van der Waals surface area contributed by atoms with E-state index >= 15 is 0 Å². The van der Waals surface area contributed by atoms with Crippen molar-refractivity contribution in [1.29, 1.82) is 0 Å². The molecule has 0 bridgehead atoms. The zero-order valence-electron chi connectivity index (χ0n) is 7.53. The Hall–Kier alpha value is -1.16. The number of hydrogen-bond donors (Lipinski definition) is 1. The Balaban J connectivity index is 3.11. The third-order valence-corrected chi connectivity index (χ3v) is 1.67. The second kappa shape index (κ2) is 4.18. The van der Waals surface area contributed by atoms with Crippen LogP contribution in [0.2, 0.25) is 0 Å². The lowest BCUT2D eigenvalue weighted by molar-refractivity contribution is 0.379. The van der Waals surface area contributed by atoms with E-state index in [0.717, 1.165) is 12.1 Å². The maximum Gasteiger partial charge on any atom is 0.169 e. The van der Waals surface area contributed by atoms with Crippen LogP contribution in [0.15, 0.2) is 12.1 Å². The molecule has 1 aromatic carbocycles. The topological polar surface area (TPSA) is 21.3 Å². The van der Waals surface area contributed by atoms with E-state index in [9.17, 15) is 8.78 Å². The summed E-state index contributed by atoms with van der Waals surface area (Å²) < 4.78 is 30.8. The van der Waals surface area contributed by atoms with Crippen LogP contribution < -0.4 is 10.1 Å². The minimum atomic E-state index is -0.516. The summed E-state index contributed by atoms with van der Waals surface area (Å²) in [6, 6.07) is 2.17. The number of methoxy groups -OCH3 is 1. The molecule has 0 saturated carbocycles. The summed E-state index contributed by atoms with van der Waals surface area (Å²) >= 11 is 0. The zero-order valence-corrected chi connectivity index (χ0v) is 7.53. The van der Waals surface area contributed by atoms with Crippen LogP contribution in [0.5, 0.6) is 5.75 Å². The van der Waals surface area contributed by atoms with Crippen molar-refractivity contribution < 1.29 is 13.5 Å². The standard InChI is InChI=1S/C9H11F2NO/c1-12-5-6-3-7(10)4-8(13-2)9(6)11/h3-4,12H,5H2,1-2H3. The second-order valence-electron chi connectivity index (χ2n) is 2.61. The predicted octanol–water partition coefficient (Wildman–Crippen LogP) is 1.69. The van der Waals surface area contributed by atoms with Crippen LogP contribution in [0.25, 0.3) is 0 Å². The van der Waals surface area contributed by atoms with Crippen molar-refractivity contribution in [2.45, 2.75) is 6.54 Å². The van der Waals surface area contributed by atoms with E-state index in [-0.39, 0.29) is 17.9 Å². The summed E-state index contributed by atoms with van der Waals surface area (Å²) in [4.78, 5) is 0. The lowest BCUT2D eigenvalue weighted by Gasteiger charge is -2.07. The first-order valence-electron chi connectivity index (χ1n) is 3.85. The van der Waals surface area contributed by atoms with E-state index in [2.05, 4.69) is 10.1 Å². The van der Waals surface area contributed by atoms with Gasteiger partial charge in [0.15, 0.2) is 11.6 Å². The average molecular weight is 187 g/mol. The van der Waals surface area contributed by atoms with Gasteiger partial charge in [0.25, 0.3) is 0 Å². The fourth-order valence-electron chi connectivity index (χ4n) is 1.09. The largest absolute Gasteiger partial charge is 0.494 e. The molecule has 0 unspecified atom stereocenters. The number of nitrogens with one attached hydrogen (secondary N) is 1. The molecule has 0 aliphatic rings. The normalized spacial score (nSPS) is 10.2. The molecular weight excluding hydrogens is 176 g/mol. The van der Waals surface area contributed by atoms with Gasteiger partial charge in [-0.1, -0.05) is 0 Å². The van der Waals surface area contributed by atoms with Crippen molar-refractivity contribution >= 4 is 0 Å². The lowest BCUT2D eigenvalue weighted by atomic mass is 10.2. The number of hydrogen-bond acceptors (Lipinski definition) is 2. The van der Waals surface area contributed by atoms with Crippen LogP contribution in [0.4, 0.5) is 8.78 Å². The Morgan fingerprint density at radius 2 is 2.08 bits per heavy atom. The summed E-state index contributed by atoms with van der Waals surface area (Å²) in [5.74, 6) is -1.08. The van der Waals surface area contributed by atoms with Gasteiger partial charge in [0, 0.05) is 18.2 Å². The van der Waals surface area contributed by atoms with Gasteiger partial charge in [-0.15, -0.1) is 0 Å². The molecule has 2 nitrogen and oxygen atoms in total. The van der Waals surface area contributed by atoms with Gasteiger partial charge >= 0.3 is 0 Å². The fourth-order valence-corrected chi connectivity index (χ4v) is 1.09. The molecule has 0 aliphatic carbocycles. The molecule has 1 aromatic rings. The molecule has 0 heterocycles. The number of rotatable bonds is 3. The van der Waals surface area contributed by atoms with Gasteiger partial charge in [-0.3, -0.25) is 0 Å². The minimum Gasteiger partial charge on any atom is -0.494 e. The molecule has 0 aliphatic heterocycles. The smallest absolute Gasteiger partial charge is 0.169 e. The molecule has 0 atom stereocenters. The maximum absolute atomic E-state index is 13.3. The highest BCUT2D eigenvalue weighted by Gasteiger charge is 2.10. The summed E-state index contributed by atoms with van der Waals surface area (Å²) in [6.45, 7) is 0.278. The monoisotopic (exact) mass is 187 g/mol. The summed E-state index contributed by atoms with van der Waals surface area (Å²) in [5.41, 5.74) is 0.263. The molecule has 0 saturated heterocycles. The predicted molar refractivity (Wildman–Crippen MR) is 45.7 cm³/mol. The molecule has 0 radical (unpaired) electrons. The highest BCUT2D eigenvalue weighted by molar-refractivity contribution is 5.31. The number of benzene rings is 1. The Morgan fingerprint density at radius 3 is 2.62 bits per heavy atom. The van der Waals surface area contributed by atoms with Crippen LogP contribution in [0.1, 0.15) is 5.56 Å². The van der Waals surface area contributed by atoms with Crippen molar-refractivity contribution in [3.05, 3.63) is 29.3 Å². The molecule has 72 valence electrons. The summed E-state index contributed by atoms with van der Waals surface area (Å²) in [6.07, 6.45) is 0. The first-order chi connectivity index (χ1) is 6.19. The van der Waals surface area contributed by atoms with E-state index in [1.807, 2.05) is 0 Å². The first kappa shape index (κ1) is 9.92. The van der Waals surface area contributed by atoms with Crippen LogP contribution in [0, 0.1) is 11.6 Å². The van der Waals surface area contributed by atoms with Crippen LogP contribution in [-0.2, 0) is 6.54 Å². The van der Waals surface area contributed by atoms with Gasteiger partial charge in [-0.25, -0.2) is 8.78 Å². The van der Waals surface area contributed by atoms with E-state index in [0.29, 0.717) is 0 Å².